The van der Waals surface area contributed by atoms with Crippen LogP contribution in [0.5, 0.6) is 0 Å². The lowest BCUT2D eigenvalue weighted by Crippen LogP contribution is -2.31. The molecule has 0 bridgehead atoms. The van der Waals surface area contributed by atoms with E-state index in [2.05, 4.69) is 38.1 Å². The Morgan fingerprint density at radius 3 is 1.40 bits per heavy atom. The van der Waals surface area contributed by atoms with Crippen molar-refractivity contribution in [3.05, 3.63) is 71.8 Å². The third-order valence-electron chi connectivity index (χ3n) is 8.13. The van der Waals surface area contributed by atoms with Crippen molar-refractivity contribution in [3.8, 4) is 0 Å². The fraction of sp³-hybridized carbons (Fsp3) is 0.548. The predicted molar refractivity (Wildman–Crippen MR) is 145 cm³/mol. The van der Waals surface area contributed by atoms with Gasteiger partial charge in [0.2, 0.25) is 11.8 Å². The molecule has 35 heavy (non-hydrogen) atoms. The number of hydrogen-bond donors (Lipinski definition) is 0. The molecule has 2 aliphatic rings. The van der Waals surface area contributed by atoms with Crippen LogP contribution in [-0.4, -0.2) is 38.1 Å². The van der Waals surface area contributed by atoms with Crippen LogP contribution >= 0.6 is 0 Å². The Bertz CT molecular complexity index is 892. The molecule has 0 N–H and O–H groups in total. The molecule has 4 nitrogen and oxygen atoms in total. The number of nitrogens with zero attached hydrogens (tertiary/aromatic N) is 2. The van der Waals surface area contributed by atoms with E-state index in [-0.39, 0.29) is 0 Å². The highest BCUT2D eigenvalue weighted by molar-refractivity contribution is 5.94. The molecule has 2 saturated carbocycles. The Labute approximate surface area is 211 Å². The van der Waals surface area contributed by atoms with Crippen LogP contribution in [0.15, 0.2) is 70.6 Å². The van der Waals surface area contributed by atoms with Gasteiger partial charge in [-0.1, -0.05) is 50.2 Å². The van der Waals surface area contributed by atoms with Crippen LogP contribution in [0.4, 0.5) is 0 Å². The summed E-state index contributed by atoms with van der Waals surface area (Å²) in [7, 11) is 3.47. The van der Waals surface area contributed by atoms with E-state index in [4.69, 9.17) is 19.5 Å². The Kier molecular flexibility index (Phi) is 9.01. The minimum absolute atomic E-state index is 0.357. The van der Waals surface area contributed by atoms with E-state index in [1.165, 1.54) is 32.1 Å². The Morgan fingerprint density at radius 1 is 0.657 bits per heavy atom. The quantitative estimate of drug-likeness (QED) is 0.329. The second-order valence-corrected chi connectivity index (χ2v) is 10.7. The molecule has 0 aromatic heterocycles. The zero-order valence-corrected chi connectivity index (χ0v) is 21.9. The van der Waals surface area contributed by atoms with E-state index in [1.807, 2.05) is 36.4 Å². The number of ether oxygens (including phenoxy) is 2. The zero-order valence-electron chi connectivity index (χ0n) is 21.9. The van der Waals surface area contributed by atoms with Crippen LogP contribution in [0.3, 0.4) is 0 Å². The maximum absolute atomic E-state index is 5.65. The first-order valence-electron chi connectivity index (χ1n) is 13.4. The van der Waals surface area contributed by atoms with Gasteiger partial charge in [-0.3, -0.25) is 0 Å². The van der Waals surface area contributed by atoms with Crippen molar-refractivity contribution in [1.29, 1.82) is 0 Å². The van der Waals surface area contributed by atoms with Crippen molar-refractivity contribution in [2.24, 2.45) is 33.7 Å². The van der Waals surface area contributed by atoms with Crippen LogP contribution in [-0.2, 0) is 9.47 Å². The minimum Gasteiger partial charge on any atom is -0.481 e. The lowest BCUT2D eigenvalue weighted by Gasteiger charge is -2.37. The van der Waals surface area contributed by atoms with Gasteiger partial charge < -0.3 is 9.47 Å². The van der Waals surface area contributed by atoms with E-state index in [1.54, 1.807) is 14.2 Å². The average Bonchev–Trinajstić information content (AvgIpc) is 2.89. The van der Waals surface area contributed by atoms with Crippen LogP contribution < -0.4 is 0 Å². The predicted octanol–water partition coefficient (Wildman–Crippen LogP) is 7.17. The number of benzene rings is 2. The standard InChI is InChI=1S/C31H42N2O2/c1-22-19-24(15-17-28(22)32-30(34-3)26-11-7-5-8-12-26)21-25-16-18-29(23(2)20-25)33-31(35-4)27-13-9-6-10-14-27/h5-14,22-25,28-29H,15-21H2,1-4H3. The molecule has 0 amide bonds. The van der Waals surface area contributed by atoms with Gasteiger partial charge in [-0.2, -0.15) is 0 Å². The maximum Gasteiger partial charge on any atom is 0.216 e. The van der Waals surface area contributed by atoms with E-state index >= 15 is 0 Å². The lowest BCUT2D eigenvalue weighted by molar-refractivity contribution is 0.168. The molecule has 2 aromatic carbocycles. The average molecular weight is 475 g/mol. The van der Waals surface area contributed by atoms with Crippen LogP contribution in [0, 0.1) is 23.7 Å². The monoisotopic (exact) mass is 474 g/mol. The van der Waals surface area contributed by atoms with E-state index in [9.17, 15) is 0 Å². The van der Waals surface area contributed by atoms with Gasteiger partial charge in [0.25, 0.3) is 0 Å². The van der Waals surface area contributed by atoms with Gasteiger partial charge in [-0.25, -0.2) is 9.98 Å². The largest absolute Gasteiger partial charge is 0.481 e. The van der Waals surface area contributed by atoms with Gasteiger partial charge in [0.1, 0.15) is 0 Å². The lowest BCUT2D eigenvalue weighted by atomic mass is 9.71. The highest BCUT2D eigenvalue weighted by Gasteiger charge is 2.33. The first kappa shape index (κ1) is 25.5. The van der Waals surface area contributed by atoms with Gasteiger partial charge in [0.05, 0.1) is 26.3 Å². The number of hydrogen-bond acceptors (Lipinski definition) is 4. The van der Waals surface area contributed by atoms with Crippen molar-refractivity contribution < 1.29 is 9.47 Å². The highest BCUT2D eigenvalue weighted by Crippen LogP contribution is 2.40. The Balaban J connectivity index is 1.30. The first-order chi connectivity index (χ1) is 17.1. The molecular weight excluding hydrogens is 432 g/mol. The van der Waals surface area contributed by atoms with Crippen molar-refractivity contribution in [2.75, 3.05) is 14.2 Å². The molecule has 2 aliphatic carbocycles. The van der Waals surface area contributed by atoms with Crippen molar-refractivity contribution >= 4 is 11.8 Å². The van der Waals surface area contributed by atoms with Crippen molar-refractivity contribution in [3.63, 3.8) is 0 Å². The van der Waals surface area contributed by atoms with Gasteiger partial charge in [0, 0.05) is 11.1 Å². The smallest absolute Gasteiger partial charge is 0.216 e. The number of aliphatic imine (C=N–C) groups is 2. The molecule has 0 heterocycles. The maximum atomic E-state index is 5.65. The Morgan fingerprint density at radius 2 is 1.06 bits per heavy atom. The molecule has 2 fully saturated rings. The van der Waals surface area contributed by atoms with Crippen molar-refractivity contribution in [2.45, 2.75) is 70.9 Å². The number of methoxy groups -OCH3 is 2. The van der Waals surface area contributed by atoms with Crippen molar-refractivity contribution in [1.82, 2.24) is 0 Å². The van der Waals surface area contributed by atoms with Crippen LogP contribution in [0.25, 0.3) is 0 Å². The Hall–Kier alpha value is -2.62. The van der Waals surface area contributed by atoms with Gasteiger partial charge in [-0.05, 0) is 92.9 Å². The third kappa shape index (κ3) is 6.74. The zero-order chi connectivity index (χ0) is 24.6. The normalized spacial score (nSPS) is 30.1. The summed E-state index contributed by atoms with van der Waals surface area (Å²) < 4.78 is 11.3. The molecule has 0 spiro atoms. The third-order valence-corrected chi connectivity index (χ3v) is 8.13. The summed E-state index contributed by atoms with van der Waals surface area (Å²) >= 11 is 0. The summed E-state index contributed by atoms with van der Waals surface area (Å²) in [6.45, 7) is 4.76. The fourth-order valence-corrected chi connectivity index (χ4v) is 6.22. The summed E-state index contributed by atoms with van der Waals surface area (Å²) in [6, 6.07) is 21.3. The fourth-order valence-electron chi connectivity index (χ4n) is 6.22. The van der Waals surface area contributed by atoms with Gasteiger partial charge in [-0.15, -0.1) is 0 Å². The van der Waals surface area contributed by atoms with E-state index in [0.717, 1.165) is 47.6 Å². The summed E-state index contributed by atoms with van der Waals surface area (Å²) in [5, 5.41) is 0. The molecule has 4 heteroatoms. The molecule has 0 aliphatic heterocycles. The molecule has 0 radical (unpaired) electrons. The number of rotatable bonds is 6. The van der Waals surface area contributed by atoms with Crippen LogP contribution in [0.2, 0.25) is 0 Å². The molecule has 4 rings (SSSR count). The minimum atomic E-state index is 0.357. The molecular formula is C31H42N2O2. The molecule has 2 aromatic rings. The second-order valence-electron chi connectivity index (χ2n) is 10.7. The van der Waals surface area contributed by atoms with Crippen LogP contribution in [0.1, 0.15) is 69.9 Å². The van der Waals surface area contributed by atoms with E-state index < -0.39 is 0 Å². The summed E-state index contributed by atoms with van der Waals surface area (Å²) in [4.78, 5) is 10.1. The summed E-state index contributed by atoms with van der Waals surface area (Å²) in [5.41, 5.74) is 2.14. The summed E-state index contributed by atoms with van der Waals surface area (Å²) in [5.74, 6) is 4.37. The first-order valence-corrected chi connectivity index (χ1v) is 13.4. The summed E-state index contributed by atoms with van der Waals surface area (Å²) in [6.07, 6.45) is 8.77. The SMILES string of the molecule is COC(=NC1CCC(CC2CCC(N=C(OC)c3ccccc3)C(C)C2)CC1C)c1ccccc1. The molecule has 6 atom stereocenters. The molecule has 0 saturated heterocycles. The van der Waals surface area contributed by atoms with Gasteiger partial charge in [0.15, 0.2) is 0 Å². The van der Waals surface area contributed by atoms with E-state index in [0.29, 0.717) is 23.9 Å². The van der Waals surface area contributed by atoms with Gasteiger partial charge >= 0.3 is 0 Å². The molecule has 188 valence electrons. The topological polar surface area (TPSA) is 43.2 Å². The second kappa shape index (κ2) is 12.4. The highest BCUT2D eigenvalue weighted by atomic mass is 16.5. The molecule has 6 unspecified atom stereocenters.